The number of hydrogen-bond donors (Lipinski definition) is 2. The van der Waals surface area contributed by atoms with Crippen molar-refractivity contribution < 1.29 is 38.7 Å². The lowest BCUT2D eigenvalue weighted by molar-refractivity contribution is -0.249. The summed E-state index contributed by atoms with van der Waals surface area (Å²) in [5.74, 6) is 1.11. The van der Waals surface area contributed by atoms with Crippen LogP contribution in [0.2, 0.25) is 0 Å². The van der Waals surface area contributed by atoms with Crippen molar-refractivity contribution in [3.8, 4) is 0 Å². The van der Waals surface area contributed by atoms with Gasteiger partial charge in [-0.05, 0) is 111 Å². The van der Waals surface area contributed by atoms with Crippen LogP contribution < -0.4 is 0 Å². The molecule has 10 nitrogen and oxygen atoms in total. The lowest BCUT2D eigenvalue weighted by Gasteiger charge is -2.64. The number of aliphatic hydroxyl groups is 2. The van der Waals surface area contributed by atoms with Crippen LogP contribution in [0, 0.1) is 50.7 Å². The molecule has 8 aliphatic rings. The van der Waals surface area contributed by atoms with Crippen LogP contribution in [0.4, 0.5) is 0 Å². The molecule has 53 heavy (non-hydrogen) atoms. The van der Waals surface area contributed by atoms with Crippen LogP contribution in [0.3, 0.4) is 0 Å². The molecule has 11 heteroatoms. The van der Waals surface area contributed by atoms with Crippen LogP contribution in [-0.2, 0) is 28.5 Å². The van der Waals surface area contributed by atoms with E-state index in [2.05, 4.69) is 44.4 Å². The first-order chi connectivity index (χ1) is 24.5. The van der Waals surface area contributed by atoms with E-state index >= 15 is 0 Å². The highest BCUT2D eigenvalue weighted by Gasteiger charge is 2.84. The predicted molar refractivity (Wildman–Crippen MR) is 204 cm³/mol. The summed E-state index contributed by atoms with van der Waals surface area (Å²) < 4.78 is 31.4. The van der Waals surface area contributed by atoms with Crippen molar-refractivity contribution in [2.45, 2.75) is 149 Å². The van der Waals surface area contributed by atoms with Crippen molar-refractivity contribution in [3.05, 3.63) is 0 Å². The van der Waals surface area contributed by atoms with Gasteiger partial charge in [0.25, 0.3) is 0 Å². The molecule has 14 atom stereocenters. The molecule has 3 aliphatic heterocycles. The van der Waals surface area contributed by atoms with E-state index in [9.17, 15) is 15.0 Å². The number of esters is 1. The molecule has 0 aromatic rings. The second-order valence-corrected chi connectivity index (χ2v) is 20.4. The van der Waals surface area contributed by atoms with Gasteiger partial charge in [-0.2, -0.15) is 0 Å². The van der Waals surface area contributed by atoms with E-state index in [0.717, 1.165) is 78.4 Å². The van der Waals surface area contributed by atoms with Gasteiger partial charge in [-0.1, -0.05) is 34.6 Å². The molecule has 0 amide bonds. The van der Waals surface area contributed by atoms with E-state index in [-0.39, 0.29) is 64.4 Å². The average molecular weight is 767 g/mol. The lowest BCUT2D eigenvalue weighted by atomic mass is 9.41. The Morgan fingerprint density at radius 1 is 0.943 bits per heavy atom. The highest BCUT2D eigenvalue weighted by Crippen LogP contribution is 2.89. The monoisotopic (exact) mass is 766 g/mol. The Bertz CT molecular complexity index is 1360. The van der Waals surface area contributed by atoms with Crippen LogP contribution >= 0.6 is 12.4 Å². The van der Waals surface area contributed by atoms with Crippen molar-refractivity contribution >= 4 is 18.4 Å². The van der Waals surface area contributed by atoms with Gasteiger partial charge in [0.2, 0.25) is 0 Å². The summed E-state index contributed by atoms with van der Waals surface area (Å²) in [5, 5.41) is 23.7. The summed E-state index contributed by atoms with van der Waals surface area (Å²) in [6.07, 6.45) is 6.74. The maximum absolute atomic E-state index is 12.6. The van der Waals surface area contributed by atoms with Crippen molar-refractivity contribution in [2.24, 2.45) is 50.7 Å². The second-order valence-electron chi connectivity index (χ2n) is 20.4. The molecule has 3 heterocycles. The highest BCUT2D eigenvalue weighted by atomic mass is 35.5. The maximum atomic E-state index is 12.6. The highest BCUT2D eigenvalue weighted by molar-refractivity contribution is 5.85. The van der Waals surface area contributed by atoms with Gasteiger partial charge in [0.15, 0.2) is 12.4 Å². The molecular formula is C42H71ClN2O8. The van der Waals surface area contributed by atoms with Crippen LogP contribution in [0.1, 0.15) is 107 Å². The van der Waals surface area contributed by atoms with Crippen molar-refractivity contribution in [3.63, 3.8) is 0 Å². The van der Waals surface area contributed by atoms with E-state index in [1.807, 2.05) is 0 Å². The molecule has 8 rings (SSSR count). The number of aliphatic hydroxyl groups excluding tert-OH is 1. The molecule has 304 valence electrons. The Balaban J connectivity index is 0.00000435. The first-order valence-electron chi connectivity index (χ1n) is 21.0. The van der Waals surface area contributed by atoms with Crippen LogP contribution in [0.15, 0.2) is 0 Å². The van der Waals surface area contributed by atoms with E-state index in [1.54, 1.807) is 13.8 Å². The quantitative estimate of drug-likeness (QED) is 0.316. The number of carbonyl (C=O) groups is 1. The molecule has 8 fully saturated rings. The summed E-state index contributed by atoms with van der Waals surface area (Å²) in [5.41, 5.74) is -0.969. The van der Waals surface area contributed by atoms with E-state index in [0.29, 0.717) is 23.7 Å². The minimum Gasteiger partial charge on any atom is -0.457 e. The standard InChI is InChI=1S/C42H70N2O8.ClH/c1-26-23-28(36(38(5,6)47)50-27(2)45)51-34-33(26)39(7)13-14-42-25-41(42)12-11-31(37(3,4)29(41)9-10-30(42)40(39,8)35(34)46)52-32-24-44(19-22-49-32)16-15-43-17-20-48-21-18-43;/h26,28-36,46-47H,9-25H2,1-8H3;1H/t26-,28-,29+,30+,31+,32?,33?,34?,35+,36+,39-,40-,41-,42+;/m1./s1. The summed E-state index contributed by atoms with van der Waals surface area (Å²) in [6, 6.07) is 0. The Labute approximate surface area is 325 Å². The Morgan fingerprint density at radius 3 is 2.30 bits per heavy atom. The number of halogens is 1. The fourth-order valence-electron chi connectivity index (χ4n) is 14.8. The third kappa shape index (κ3) is 6.20. The number of rotatable bonds is 8. The largest absolute Gasteiger partial charge is 0.457 e. The first kappa shape index (κ1) is 40.6. The molecule has 2 N–H and O–H groups in total. The van der Waals surface area contributed by atoms with Gasteiger partial charge in [0.1, 0.15) is 0 Å². The number of ether oxygens (including phenoxy) is 5. The molecular weight excluding hydrogens is 696 g/mol. The number of morpholine rings is 2. The molecule has 5 saturated carbocycles. The summed E-state index contributed by atoms with van der Waals surface area (Å²) in [4.78, 5) is 17.2. The number of fused-ring (bicyclic) bond motifs is 4. The van der Waals surface area contributed by atoms with Gasteiger partial charge < -0.3 is 33.9 Å². The maximum Gasteiger partial charge on any atom is 0.303 e. The van der Waals surface area contributed by atoms with E-state index in [4.69, 9.17) is 23.7 Å². The van der Waals surface area contributed by atoms with Gasteiger partial charge in [-0.25, -0.2) is 0 Å². The normalized spacial score (nSPS) is 48.5. The fourth-order valence-corrected chi connectivity index (χ4v) is 14.8. The third-order valence-electron chi connectivity index (χ3n) is 17.4. The van der Waals surface area contributed by atoms with Crippen LogP contribution in [0.25, 0.3) is 0 Å². The summed E-state index contributed by atoms with van der Waals surface area (Å²) in [7, 11) is 0. The van der Waals surface area contributed by atoms with Crippen molar-refractivity contribution in [1.82, 2.24) is 9.80 Å². The molecule has 2 spiro atoms. The lowest BCUT2D eigenvalue weighted by Crippen LogP contribution is -2.60. The molecule has 5 aliphatic carbocycles. The third-order valence-corrected chi connectivity index (χ3v) is 17.4. The van der Waals surface area contributed by atoms with Crippen LogP contribution in [0.5, 0.6) is 0 Å². The van der Waals surface area contributed by atoms with Crippen LogP contribution in [-0.4, -0.2) is 127 Å². The summed E-state index contributed by atoms with van der Waals surface area (Å²) >= 11 is 0. The Kier molecular flexibility index (Phi) is 10.8. The number of hydrogen-bond acceptors (Lipinski definition) is 10. The zero-order valence-electron chi connectivity index (χ0n) is 33.9. The SMILES string of the molecule is CC(=O)O[C@@H]([C@H]1C[C@@H](C)C2C(O1)[C@H](O)[C@@]1(C)[C@@H]3CC[C@H]4C(C)(C)[C@@H](OC5CN(CCN6CCOCC6)CCO5)CC[C@@]45C[C@@]35CC[C@]21C)C(C)(C)O.Cl. The Hall–Kier alpha value is -0.560. The van der Waals surface area contributed by atoms with Gasteiger partial charge in [-0.15, -0.1) is 12.4 Å². The smallest absolute Gasteiger partial charge is 0.303 e. The molecule has 0 radical (unpaired) electrons. The molecule has 3 unspecified atom stereocenters. The number of nitrogens with zero attached hydrogens (tertiary/aromatic N) is 2. The van der Waals surface area contributed by atoms with Crippen molar-refractivity contribution in [2.75, 3.05) is 59.1 Å². The van der Waals surface area contributed by atoms with Gasteiger partial charge in [0.05, 0.1) is 49.8 Å². The molecule has 0 bridgehead atoms. The minimum atomic E-state index is -1.25. The molecule has 0 aromatic heterocycles. The predicted octanol–water partition coefficient (Wildman–Crippen LogP) is 5.30. The van der Waals surface area contributed by atoms with E-state index in [1.165, 1.54) is 32.6 Å². The fraction of sp³-hybridized carbons (Fsp3) is 0.976. The topological polar surface area (TPSA) is 110 Å². The Morgan fingerprint density at radius 2 is 1.60 bits per heavy atom. The second kappa shape index (κ2) is 14.1. The minimum absolute atomic E-state index is 0. The molecule has 0 aromatic carbocycles. The van der Waals surface area contributed by atoms with Crippen molar-refractivity contribution in [1.29, 1.82) is 0 Å². The zero-order chi connectivity index (χ0) is 37.1. The summed E-state index contributed by atoms with van der Waals surface area (Å²) in [6.45, 7) is 25.3. The molecule has 3 saturated heterocycles. The first-order valence-corrected chi connectivity index (χ1v) is 21.0. The van der Waals surface area contributed by atoms with E-state index < -0.39 is 29.9 Å². The average Bonchev–Trinajstić information content (AvgIpc) is 3.72. The zero-order valence-corrected chi connectivity index (χ0v) is 34.8. The van der Waals surface area contributed by atoms with Gasteiger partial charge in [0, 0.05) is 51.6 Å². The van der Waals surface area contributed by atoms with Gasteiger partial charge >= 0.3 is 5.97 Å². The number of carbonyl (C=O) groups excluding carboxylic acids is 1. The van der Waals surface area contributed by atoms with Gasteiger partial charge in [-0.3, -0.25) is 14.6 Å².